The van der Waals surface area contributed by atoms with Crippen LogP contribution in [-0.4, -0.2) is 34.6 Å². The highest BCUT2D eigenvalue weighted by atomic mass is 35.5. The maximum Gasteiger partial charge on any atom is 0.250 e. The maximum atomic E-state index is 13.8. The monoisotopic (exact) mass is 480 g/mol. The summed E-state index contributed by atoms with van der Waals surface area (Å²) in [5.41, 5.74) is 7.85. The Balaban J connectivity index is 1.61. The number of nitrogens with zero attached hydrogens (tertiary/aromatic N) is 1. The Kier molecular flexibility index (Phi) is 5.26. The van der Waals surface area contributed by atoms with Crippen molar-refractivity contribution >= 4 is 40.9 Å². The second kappa shape index (κ2) is 7.92. The number of hydrogen-bond donors (Lipinski definition) is 3. The smallest absolute Gasteiger partial charge is 0.250 e. The number of primary amides is 1. The Morgan fingerprint density at radius 3 is 2.56 bits per heavy atom. The fourth-order valence-electron chi connectivity index (χ4n) is 5.68. The van der Waals surface area contributed by atoms with Crippen LogP contribution in [0.2, 0.25) is 5.02 Å². The number of nitrogens with two attached hydrogens (primary N) is 1. The summed E-state index contributed by atoms with van der Waals surface area (Å²) in [4.78, 5) is 53.7. The number of halogens is 1. The van der Waals surface area contributed by atoms with Crippen LogP contribution in [0.5, 0.6) is 0 Å². The van der Waals surface area contributed by atoms with Gasteiger partial charge in [0.05, 0.1) is 18.4 Å². The molecular formula is C25H25ClN4O4. The number of aryl methyl sites for hydroxylation is 1. The van der Waals surface area contributed by atoms with Gasteiger partial charge in [-0.3, -0.25) is 29.4 Å². The van der Waals surface area contributed by atoms with E-state index in [0.717, 1.165) is 11.1 Å². The fraction of sp³-hybridized carbons (Fsp3) is 0.360. The standard InChI is InChI=1S/C25H25ClN4O4/c1-12-7-8-15-21(13(12)2)28-24(34)25(15)20-19(17(29-25)9-10-18(27)31)22(32)30(23(20)33)11-14-5-3-4-6-16(14)26/h3-8,17,19-20,29H,9-11H2,1-2H3,(H2,27,31)(H,28,34)/t17-,19+,20-,25-/m0/s1. The minimum Gasteiger partial charge on any atom is -0.370 e. The summed E-state index contributed by atoms with van der Waals surface area (Å²) in [6.07, 6.45) is 0.273. The lowest BCUT2D eigenvalue weighted by Crippen LogP contribution is -2.53. The highest BCUT2D eigenvalue weighted by Crippen LogP contribution is 2.54. The van der Waals surface area contributed by atoms with E-state index in [9.17, 15) is 19.2 Å². The molecule has 2 fully saturated rings. The molecule has 5 rings (SSSR count). The Morgan fingerprint density at radius 2 is 1.85 bits per heavy atom. The van der Waals surface area contributed by atoms with E-state index in [-0.39, 0.29) is 31.2 Å². The second-order valence-electron chi connectivity index (χ2n) is 9.31. The van der Waals surface area contributed by atoms with Gasteiger partial charge in [-0.1, -0.05) is 41.9 Å². The van der Waals surface area contributed by atoms with Crippen LogP contribution in [0.25, 0.3) is 0 Å². The highest BCUT2D eigenvalue weighted by molar-refractivity contribution is 6.31. The molecule has 2 aromatic carbocycles. The number of amides is 4. The van der Waals surface area contributed by atoms with Gasteiger partial charge in [0.25, 0.3) is 0 Å². The lowest BCUT2D eigenvalue weighted by molar-refractivity contribution is -0.143. The first kappa shape index (κ1) is 22.6. The normalized spacial score (nSPS) is 27.3. The van der Waals surface area contributed by atoms with Crippen molar-refractivity contribution < 1.29 is 19.2 Å². The first-order valence-corrected chi connectivity index (χ1v) is 11.6. The number of benzene rings is 2. The molecule has 4 amide bonds. The first-order chi connectivity index (χ1) is 16.2. The zero-order valence-corrected chi connectivity index (χ0v) is 19.6. The van der Waals surface area contributed by atoms with E-state index >= 15 is 0 Å². The number of imide groups is 1. The number of fused-ring (bicyclic) bond motifs is 4. The van der Waals surface area contributed by atoms with Crippen LogP contribution in [0.15, 0.2) is 36.4 Å². The van der Waals surface area contributed by atoms with E-state index in [1.165, 1.54) is 4.90 Å². The SMILES string of the molecule is Cc1ccc2c(c1C)NC(=O)[C@]21N[C@@H](CCC(N)=O)[C@H]2C(=O)N(Cc3ccccc3Cl)C(=O)[C@H]21. The zero-order chi connectivity index (χ0) is 24.4. The molecule has 3 aliphatic heterocycles. The van der Waals surface area contributed by atoms with Gasteiger partial charge in [-0.25, -0.2) is 0 Å². The molecule has 3 heterocycles. The molecule has 4 atom stereocenters. The number of hydrogen-bond acceptors (Lipinski definition) is 5. The number of anilines is 1. The van der Waals surface area contributed by atoms with Crippen LogP contribution in [0.1, 0.15) is 35.1 Å². The van der Waals surface area contributed by atoms with Crippen LogP contribution >= 0.6 is 11.6 Å². The number of carbonyl (C=O) groups excluding carboxylic acids is 4. The molecule has 0 radical (unpaired) electrons. The van der Waals surface area contributed by atoms with Gasteiger partial charge in [-0.2, -0.15) is 0 Å². The van der Waals surface area contributed by atoms with Gasteiger partial charge < -0.3 is 11.1 Å². The molecule has 1 spiro atoms. The van der Waals surface area contributed by atoms with Crippen molar-refractivity contribution in [1.82, 2.24) is 10.2 Å². The lowest BCUT2D eigenvalue weighted by atomic mass is 9.76. The van der Waals surface area contributed by atoms with Crippen LogP contribution in [-0.2, 0) is 31.3 Å². The van der Waals surface area contributed by atoms with Gasteiger partial charge in [0.1, 0.15) is 5.54 Å². The number of rotatable bonds is 5. The maximum absolute atomic E-state index is 13.8. The average molecular weight is 481 g/mol. The van der Waals surface area contributed by atoms with Gasteiger partial charge in [-0.15, -0.1) is 0 Å². The van der Waals surface area contributed by atoms with Crippen molar-refractivity contribution in [3.63, 3.8) is 0 Å². The van der Waals surface area contributed by atoms with Crippen molar-refractivity contribution in [3.05, 3.63) is 63.7 Å². The van der Waals surface area contributed by atoms with E-state index in [4.69, 9.17) is 17.3 Å². The lowest BCUT2D eigenvalue weighted by Gasteiger charge is -2.29. The summed E-state index contributed by atoms with van der Waals surface area (Å²) in [5.74, 6) is -3.42. The third-order valence-electron chi connectivity index (χ3n) is 7.50. The Labute approximate surface area is 201 Å². The summed E-state index contributed by atoms with van der Waals surface area (Å²) in [5, 5.41) is 6.72. The van der Waals surface area contributed by atoms with E-state index in [1.54, 1.807) is 24.3 Å². The first-order valence-electron chi connectivity index (χ1n) is 11.2. The molecule has 2 aromatic rings. The minimum atomic E-state index is -1.40. The highest BCUT2D eigenvalue weighted by Gasteiger charge is 2.70. The molecule has 3 aliphatic rings. The fourth-order valence-corrected chi connectivity index (χ4v) is 5.87. The summed E-state index contributed by atoms with van der Waals surface area (Å²) >= 11 is 6.30. The molecule has 8 nitrogen and oxygen atoms in total. The van der Waals surface area contributed by atoms with Crippen molar-refractivity contribution in [2.45, 2.75) is 44.8 Å². The van der Waals surface area contributed by atoms with Crippen molar-refractivity contribution in [2.24, 2.45) is 17.6 Å². The van der Waals surface area contributed by atoms with E-state index in [2.05, 4.69) is 10.6 Å². The summed E-state index contributed by atoms with van der Waals surface area (Å²) in [7, 11) is 0. The van der Waals surface area contributed by atoms with Gasteiger partial charge in [0, 0.05) is 28.7 Å². The van der Waals surface area contributed by atoms with Gasteiger partial charge in [-0.05, 0) is 43.0 Å². The van der Waals surface area contributed by atoms with Crippen LogP contribution < -0.4 is 16.4 Å². The molecular weight excluding hydrogens is 456 g/mol. The summed E-state index contributed by atoms with van der Waals surface area (Å²) in [6.45, 7) is 3.88. The average Bonchev–Trinajstić information content (AvgIpc) is 3.37. The molecule has 0 aromatic heterocycles. The number of nitrogens with one attached hydrogen (secondary N) is 2. The van der Waals surface area contributed by atoms with Crippen LogP contribution in [0.4, 0.5) is 5.69 Å². The second-order valence-corrected chi connectivity index (χ2v) is 9.71. The molecule has 0 bridgehead atoms. The quantitative estimate of drug-likeness (QED) is 0.566. The molecule has 0 unspecified atom stereocenters. The van der Waals surface area contributed by atoms with Gasteiger partial charge >= 0.3 is 0 Å². The molecule has 176 valence electrons. The summed E-state index contributed by atoms with van der Waals surface area (Å²) < 4.78 is 0. The van der Waals surface area contributed by atoms with Crippen LogP contribution in [0, 0.1) is 25.7 Å². The van der Waals surface area contributed by atoms with E-state index in [1.807, 2.05) is 26.0 Å². The largest absolute Gasteiger partial charge is 0.370 e. The van der Waals surface area contributed by atoms with Gasteiger partial charge in [0.2, 0.25) is 23.6 Å². The predicted octanol–water partition coefficient (Wildman–Crippen LogP) is 2.14. The van der Waals surface area contributed by atoms with Crippen molar-refractivity contribution in [1.29, 1.82) is 0 Å². The molecule has 0 aliphatic carbocycles. The van der Waals surface area contributed by atoms with Crippen LogP contribution in [0.3, 0.4) is 0 Å². The molecule has 4 N–H and O–H groups in total. The summed E-state index contributed by atoms with van der Waals surface area (Å²) in [6, 6.07) is 10.2. The number of likely N-dealkylation sites (tertiary alicyclic amines) is 1. The van der Waals surface area contributed by atoms with E-state index < -0.39 is 35.2 Å². The minimum absolute atomic E-state index is 0.0182. The Morgan fingerprint density at radius 1 is 1.12 bits per heavy atom. The molecule has 34 heavy (non-hydrogen) atoms. The molecule has 9 heteroatoms. The topological polar surface area (TPSA) is 122 Å². The zero-order valence-electron chi connectivity index (χ0n) is 18.9. The van der Waals surface area contributed by atoms with Crippen molar-refractivity contribution in [3.8, 4) is 0 Å². The third-order valence-corrected chi connectivity index (χ3v) is 7.87. The third kappa shape index (κ3) is 3.09. The number of carbonyl (C=O) groups is 4. The Hall–Kier alpha value is -3.23. The van der Waals surface area contributed by atoms with Gasteiger partial charge in [0.15, 0.2) is 0 Å². The van der Waals surface area contributed by atoms with E-state index in [0.29, 0.717) is 21.8 Å². The predicted molar refractivity (Wildman–Crippen MR) is 126 cm³/mol. The molecule has 2 saturated heterocycles. The Bertz CT molecular complexity index is 1260. The molecule has 0 saturated carbocycles. The van der Waals surface area contributed by atoms with Crippen molar-refractivity contribution in [2.75, 3.05) is 5.32 Å².